The minimum absolute atomic E-state index is 1.10. The molecule has 3 heterocycles. The highest BCUT2D eigenvalue weighted by Crippen LogP contribution is 2.29. The predicted molar refractivity (Wildman–Crippen MR) is 326 cm³/mol. The van der Waals surface area contributed by atoms with E-state index in [1.54, 1.807) is 34.0 Å². The first-order valence-electron chi connectivity index (χ1n) is 24.2. The smallest absolute Gasteiger partial charge is 0.0801 e. The minimum Gasteiger partial charge on any atom is -0.249 e. The molecule has 0 aliphatic rings. The molecular formula is C64H66BrIN2S3. The third-order valence-corrected chi connectivity index (χ3v) is 15.8. The van der Waals surface area contributed by atoms with E-state index in [0.717, 1.165) is 37.1 Å². The zero-order valence-corrected chi connectivity index (χ0v) is 48.5. The van der Waals surface area contributed by atoms with Gasteiger partial charge in [0.05, 0.1) is 35.9 Å². The lowest BCUT2D eigenvalue weighted by molar-refractivity contribution is 1.14. The molecule has 0 bridgehead atoms. The van der Waals surface area contributed by atoms with E-state index in [1.807, 2.05) is 30.1 Å². The Hall–Kier alpha value is -5.29. The summed E-state index contributed by atoms with van der Waals surface area (Å²) >= 11 is 10.9. The van der Waals surface area contributed by atoms with Crippen LogP contribution in [0.3, 0.4) is 0 Å². The van der Waals surface area contributed by atoms with Crippen LogP contribution in [0.5, 0.6) is 0 Å². The van der Waals surface area contributed by atoms with E-state index in [0.29, 0.717) is 0 Å². The fourth-order valence-corrected chi connectivity index (χ4v) is 10.4. The van der Waals surface area contributed by atoms with Crippen molar-refractivity contribution < 1.29 is 0 Å². The lowest BCUT2D eigenvalue weighted by Gasteiger charge is -2.02. The molecule has 7 heteroatoms. The number of aromatic nitrogens is 2. The second-order valence-electron chi connectivity index (χ2n) is 16.6. The van der Waals surface area contributed by atoms with Gasteiger partial charge in [-0.1, -0.05) is 209 Å². The third kappa shape index (κ3) is 19.7. The standard InChI is InChI=1S/C14H14.C13H12.C12H13NS.C11H11NS.C8H9I.C6H7BrS/c1-2-12-8-10-14(11-9-12)13-6-4-3-5-7-13;1-11-7-9-13(10-8-11)12-5-3-2-4-6-12;1-3-10-4-6-11(7-5-10)12-9(2)13-8-14-12;1-8-3-5-10(6-4-8)11-9(2)12-7-13-11;1-2-7-3-5-8(9)6-4-7;1-2-5-3-4-6(7)8-5/h3-11H,2H2,1H3;2-10H,1H3;4-8H,3H2,1-2H3;3-7H,1-2H3;3-6H,2H2,1H3;3-4H,2H2,1H3. The largest absolute Gasteiger partial charge is 0.249 e. The van der Waals surface area contributed by atoms with Crippen molar-refractivity contribution in [2.24, 2.45) is 0 Å². The van der Waals surface area contributed by atoms with Gasteiger partial charge < -0.3 is 0 Å². The molecule has 71 heavy (non-hydrogen) atoms. The Morgan fingerprint density at radius 1 is 0.380 bits per heavy atom. The molecule has 0 aliphatic heterocycles. The van der Waals surface area contributed by atoms with Crippen molar-refractivity contribution in [3.8, 4) is 43.1 Å². The Kier molecular flexibility index (Phi) is 24.9. The number of benzene rings is 7. The lowest BCUT2D eigenvalue weighted by Crippen LogP contribution is -1.81. The molecule has 0 fully saturated rings. The van der Waals surface area contributed by atoms with Crippen LogP contribution in [-0.2, 0) is 25.7 Å². The first-order valence-corrected chi connectivity index (χ1v) is 28.7. The van der Waals surface area contributed by atoms with Crippen LogP contribution in [0.4, 0.5) is 0 Å². The molecule has 0 radical (unpaired) electrons. The zero-order chi connectivity index (χ0) is 50.8. The highest BCUT2D eigenvalue weighted by atomic mass is 127. The van der Waals surface area contributed by atoms with Crippen molar-refractivity contribution >= 4 is 72.5 Å². The van der Waals surface area contributed by atoms with E-state index in [2.05, 4.69) is 279 Å². The van der Waals surface area contributed by atoms with Gasteiger partial charge in [0, 0.05) is 8.45 Å². The van der Waals surface area contributed by atoms with Gasteiger partial charge in [0.25, 0.3) is 0 Å². The van der Waals surface area contributed by atoms with E-state index < -0.39 is 0 Å². The van der Waals surface area contributed by atoms with Crippen molar-refractivity contribution in [2.45, 2.75) is 81.1 Å². The Morgan fingerprint density at radius 3 is 1.03 bits per heavy atom. The van der Waals surface area contributed by atoms with Crippen molar-refractivity contribution in [2.75, 3.05) is 0 Å². The van der Waals surface area contributed by atoms with Gasteiger partial charge in [0.15, 0.2) is 0 Å². The summed E-state index contributed by atoms with van der Waals surface area (Å²) in [5, 5.41) is 0. The molecule has 0 unspecified atom stereocenters. The Labute approximate surface area is 459 Å². The first kappa shape index (κ1) is 56.6. The maximum atomic E-state index is 4.25. The quantitative estimate of drug-likeness (QED) is 0.142. The van der Waals surface area contributed by atoms with Gasteiger partial charge in [-0.05, 0) is 166 Å². The molecule has 2 nitrogen and oxygen atoms in total. The van der Waals surface area contributed by atoms with E-state index >= 15 is 0 Å². The Bertz CT molecular complexity index is 2980. The minimum atomic E-state index is 1.10. The average molecular weight is 1170 g/mol. The maximum absolute atomic E-state index is 4.25. The van der Waals surface area contributed by atoms with Gasteiger partial charge >= 0.3 is 0 Å². The molecule has 0 spiro atoms. The van der Waals surface area contributed by atoms with Gasteiger partial charge in [-0.3, -0.25) is 0 Å². The van der Waals surface area contributed by atoms with Gasteiger partial charge in [-0.15, -0.1) is 34.0 Å². The van der Waals surface area contributed by atoms with Crippen LogP contribution in [-0.4, -0.2) is 9.97 Å². The molecule has 364 valence electrons. The summed E-state index contributed by atoms with van der Waals surface area (Å²) in [6.07, 6.45) is 4.49. The second-order valence-corrected chi connectivity index (χ2v) is 22.1. The number of halogens is 2. The van der Waals surface area contributed by atoms with Crippen molar-refractivity contribution in [3.05, 3.63) is 257 Å². The average Bonchev–Trinajstić information content (AvgIpc) is 4.19. The Morgan fingerprint density at radius 2 is 0.718 bits per heavy atom. The number of rotatable bonds is 8. The summed E-state index contributed by atoms with van der Waals surface area (Å²) in [7, 11) is 0. The predicted octanol–water partition coefficient (Wildman–Crippen LogP) is 20.6. The van der Waals surface area contributed by atoms with Gasteiger partial charge in [-0.2, -0.15) is 0 Å². The van der Waals surface area contributed by atoms with Gasteiger partial charge in [0.1, 0.15) is 0 Å². The van der Waals surface area contributed by atoms with Crippen LogP contribution < -0.4 is 0 Å². The number of thiazole rings is 2. The number of hydrogen-bond acceptors (Lipinski definition) is 5. The number of thiophene rings is 1. The third-order valence-electron chi connectivity index (χ3n) is 11.4. The van der Waals surface area contributed by atoms with Crippen LogP contribution in [0.15, 0.2) is 209 Å². The highest BCUT2D eigenvalue weighted by molar-refractivity contribution is 14.1. The maximum Gasteiger partial charge on any atom is 0.0801 e. The molecule has 0 N–H and O–H groups in total. The van der Waals surface area contributed by atoms with Crippen LogP contribution >= 0.6 is 72.5 Å². The summed E-state index contributed by atoms with van der Waals surface area (Å²) < 4.78 is 2.54. The number of nitrogens with zero attached hydrogens (tertiary/aromatic N) is 2. The molecule has 0 amide bonds. The van der Waals surface area contributed by atoms with Crippen molar-refractivity contribution in [1.29, 1.82) is 0 Å². The van der Waals surface area contributed by atoms with Crippen LogP contribution in [0.2, 0.25) is 0 Å². The fourth-order valence-electron chi connectivity index (χ4n) is 6.96. The fraction of sp³-hybridized carbons (Fsp3) is 0.188. The molecule has 10 rings (SSSR count). The summed E-state index contributed by atoms with van der Waals surface area (Å²) in [4.78, 5) is 12.5. The molecule has 0 atom stereocenters. The Balaban J connectivity index is 0.000000160. The lowest BCUT2D eigenvalue weighted by atomic mass is 10.0. The molecule has 10 aromatic rings. The van der Waals surface area contributed by atoms with Crippen molar-refractivity contribution in [3.63, 3.8) is 0 Å². The van der Waals surface area contributed by atoms with E-state index in [4.69, 9.17) is 0 Å². The van der Waals surface area contributed by atoms with Crippen LogP contribution in [0.25, 0.3) is 43.1 Å². The topological polar surface area (TPSA) is 25.8 Å². The zero-order valence-electron chi connectivity index (χ0n) is 42.3. The summed E-state index contributed by atoms with van der Waals surface area (Å²) in [5.74, 6) is 0. The molecule has 0 saturated carbocycles. The monoisotopic (exact) mass is 1160 g/mol. The molecule has 0 saturated heterocycles. The molecule has 7 aromatic carbocycles. The molecule has 3 aromatic heterocycles. The van der Waals surface area contributed by atoms with E-state index in [-0.39, 0.29) is 0 Å². The summed E-state index contributed by atoms with van der Waals surface area (Å²) in [5.41, 5.74) is 20.5. The molecule has 0 aliphatic carbocycles. The van der Waals surface area contributed by atoms with Gasteiger partial charge in [0.2, 0.25) is 0 Å². The first-order chi connectivity index (χ1) is 34.5. The van der Waals surface area contributed by atoms with Crippen molar-refractivity contribution in [1.82, 2.24) is 9.97 Å². The second kappa shape index (κ2) is 31.2. The molecular weight excluding hydrogens is 1100 g/mol. The van der Waals surface area contributed by atoms with E-state index in [1.165, 1.54) is 83.2 Å². The van der Waals surface area contributed by atoms with Crippen LogP contribution in [0.1, 0.15) is 71.8 Å². The summed E-state index contributed by atoms with van der Waals surface area (Å²) in [6.45, 7) is 17.0. The summed E-state index contributed by atoms with van der Waals surface area (Å²) in [6, 6.07) is 68.4. The normalized spacial score (nSPS) is 10.1. The number of aryl methyl sites for hydroxylation is 8. The number of hydrogen-bond donors (Lipinski definition) is 0. The van der Waals surface area contributed by atoms with Crippen LogP contribution in [0, 0.1) is 31.3 Å². The van der Waals surface area contributed by atoms with E-state index in [9.17, 15) is 0 Å². The SMILES string of the molecule is CCc1ccc(-c2ccccc2)cc1.CCc1ccc(-c2scnc2C)cc1.CCc1ccc(Br)s1.CCc1ccc(I)cc1.Cc1ccc(-c2ccccc2)cc1.Cc1ccc(-c2scnc2C)cc1. The van der Waals surface area contributed by atoms with Gasteiger partial charge in [-0.25, -0.2) is 9.97 Å². The highest BCUT2D eigenvalue weighted by Gasteiger charge is 2.05.